The second-order valence-corrected chi connectivity index (χ2v) is 5.21. The van der Waals surface area contributed by atoms with Gasteiger partial charge in [-0.15, -0.1) is 0 Å². The lowest BCUT2D eigenvalue weighted by molar-refractivity contribution is 0.198. The average molecular weight is 274 g/mol. The SMILES string of the molecule is CC(C)/C=C/NC(=O)N1CCN(c2ccccn2)CC1. The second-order valence-electron chi connectivity index (χ2n) is 5.21. The summed E-state index contributed by atoms with van der Waals surface area (Å²) in [4.78, 5) is 20.3. The van der Waals surface area contributed by atoms with Crippen LogP contribution in [-0.2, 0) is 0 Å². The van der Waals surface area contributed by atoms with Crippen molar-refractivity contribution in [2.75, 3.05) is 31.1 Å². The smallest absolute Gasteiger partial charge is 0.321 e. The van der Waals surface area contributed by atoms with Crippen LogP contribution in [0.15, 0.2) is 36.7 Å². The van der Waals surface area contributed by atoms with Crippen LogP contribution in [0, 0.1) is 5.92 Å². The van der Waals surface area contributed by atoms with Crippen LogP contribution in [0.5, 0.6) is 0 Å². The van der Waals surface area contributed by atoms with Gasteiger partial charge in [-0.05, 0) is 18.1 Å². The Labute approximate surface area is 120 Å². The maximum absolute atomic E-state index is 12.0. The number of amides is 2. The molecule has 1 aliphatic rings. The number of anilines is 1. The minimum Gasteiger partial charge on any atom is -0.353 e. The Balaban J connectivity index is 1.81. The fourth-order valence-corrected chi connectivity index (χ4v) is 2.08. The molecule has 0 bridgehead atoms. The van der Waals surface area contributed by atoms with E-state index in [1.165, 1.54) is 0 Å². The molecule has 1 N–H and O–H groups in total. The maximum Gasteiger partial charge on any atom is 0.321 e. The second kappa shape index (κ2) is 6.93. The van der Waals surface area contributed by atoms with Gasteiger partial charge in [0.15, 0.2) is 0 Å². The molecule has 0 aliphatic carbocycles. The summed E-state index contributed by atoms with van der Waals surface area (Å²) in [5.74, 6) is 1.42. The Morgan fingerprint density at radius 1 is 1.30 bits per heavy atom. The van der Waals surface area contributed by atoms with Crippen LogP contribution in [0.3, 0.4) is 0 Å². The number of aromatic nitrogens is 1. The van der Waals surface area contributed by atoms with E-state index in [1.807, 2.05) is 29.2 Å². The van der Waals surface area contributed by atoms with Crippen molar-refractivity contribution < 1.29 is 4.79 Å². The molecule has 1 aliphatic heterocycles. The highest BCUT2D eigenvalue weighted by Crippen LogP contribution is 2.12. The molecule has 108 valence electrons. The number of rotatable bonds is 3. The van der Waals surface area contributed by atoms with Gasteiger partial charge in [0.2, 0.25) is 0 Å². The Morgan fingerprint density at radius 2 is 2.05 bits per heavy atom. The summed E-state index contributed by atoms with van der Waals surface area (Å²) in [6.45, 7) is 7.23. The van der Waals surface area contributed by atoms with E-state index in [9.17, 15) is 4.79 Å². The highest BCUT2D eigenvalue weighted by atomic mass is 16.2. The molecular formula is C15H22N4O. The minimum atomic E-state index is -0.0254. The van der Waals surface area contributed by atoms with Crippen LogP contribution in [0.4, 0.5) is 10.6 Å². The topological polar surface area (TPSA) is 48.5 Å². The maximum atomic E-state index is 12.0. The lowest BCUT2D eigenvalue weighted by Gasteiger charge is -2.35. The Kier molecular flexibility index (Phi) is 4.98. The van der Waals surface area contributed by atoms with E-state index >= 15 is 0 Å². The van der Waals surface area contributed by atoms with Gasteiger partial charge in [-0.2, -0.15) is 0 Å². The molecule has 2 heterocycles. The van der Waals surface area contributed by atoms with E-state index in [0.717, 1.165) is 32.0 Å². The fourth-order valence-electron chi connectivity index (χ4n) is 2.08. The minimum absolute atomic E-state index is 0.0254. The van der Waals surface area contributed by atoms with Crippen LogP contribution in [0.2, 0.25) is 0 Å². The summed E-state index contributed by atoms with van der Waals surface area (Å²) < 4.78 is 0. The zero-order valence-electron chi connectivity index (χ0n) is 12.1. The molecule has 20 heavy (non-hydrogen) atoms. The number of pyridine rings is 1. The van der Waals surface area contributed by atoms with Crippen molar-refractivity contribution in [3.63, 3.8) is 0 Å². The fraction of sp³-hybridized carbons (Fsp3) is 0.467. The van der Waals surface area contributed by atoms with Gasteiger partial charge in [-0.25, -0.2) is 9.78 Å². The first kappa shape index (κ1) is 14.4. The summed E-state index contributed by atoms with van der Waals surface area (Å²) in [6, 6.07) is 5.87. The summed E-state index contributed by atoms with van der Waals surface area (Å²) in [5, 5.41) is 2.81. The van der Waals surface area contributed by atoms with Gasteiger partial charge in [0.05, 0.1) is 0 Å². The van der Waals surface area contributed by atoms with Crippen molar-refractivity contribution >= 4 is 11.8 Å². The third kappa shape index (κ3) is 3.98. The van der Waals surface area contributed by atoms with E-state index < -0.39 is 0 Å². The lowest BCUT2D eigenvalue weighted by atomic mass is 10.2. The van der Waals surface area contributed by atoms with Gasteiger partial charge >= 0.3 is 6.03 Å². The number of carbonyl (C=O) groups excluding carboxylic acids is 1. The number of nitrogens with zero attached hydrogens (tertiary/aromatic N) is 3. The van der Waals surface area contributed by atoms with Crippen molar-refractivity contribution in [2.45, 2.75) is 13.8 Å². The first-order valence-corrected chi connectivity index (χ1v) is 7.05. The average Bonchev–Trinajstić information content (AvgIpc) is 2.48. The predicted molar refractivity (Wildman–Crippen MR) is 80.5 cm³/mol. The molecule has 1 aromatic heterocycles. The molecule has 0 aromatic carbocycles. The Bertz CT molecular complexity index is 450. The van der Waals surface area contributed by atoms with Gasteiger partial charge < -0.3 is 15.1 Å². The zero-order valence-corrected chi connectivity index (χ0v) is 12.1. The number of allylic oxidation sites excluding steroid dienone is 1. The molecule has 5 nitrogen and oxygen atoms in total. The van der Waals surface area contributed by atoms with E-state index in [1.54, 1.807) is 12.4 Å². The highest BCUT2D eigenvalue weighted by molar-refractivity contribution is 5.75. The molecule has 2 rings (SSSR count). The predicted octanol–water partition coefficient (Wildman–Crippen LogP) is 2.08. The van der Waals surface area contributed by atoms with Gasteiger partial charge in [0.1, 0.15) is 5.82 Å². The monoisotopic (exact) mass is 274 g/mol. The summed E-state index contributed by atoms with van der Waals surface area (Å²) in [5.41, 5.74) is 0. The molecule has 5 heteroatoms. The van der Waals surface area contributed by atoms with Gasteiger partial charge in [0, 0.05) is 38.6 Å². The Hall–Kier alpha value is -2.04. The molecule has 0 atom stereocenters. The van der Waals surface area contributed by atoms with E-state index in [0.29, 0.717) is 5.92 Å². The standard InChI is InChI=1S/C15H22N4O/c1-13(2)6-8-17-15(20)19-11-9-18(10-12-19)14-5-3-4-7-16-14/h3-8,13H,9-12H2,1-2H3,(H,17,20)/b8-6+. The first-order chi connectivity index (χ1) is 9.66. The van der Waals surface area contributed by atoms with Crippen molar-refractivity contribution in [3.8, 4) is 0 Å². The normalized spacial score (nSPS) is 15.9. The number of hydrogen-bond acceptors (Lipinski definition) is 3. The molecular weight excluding hydrogens is 252 g/mol. The van der Waals surface area contributed by atoms with E-state index in [4.69, 9.17) is 0 Å². The number of nitrogens with one attached hydrogen (secondary N) is 1. The number of urea groups is 1. The number of hydrogen-bond donors (Lipinski definition) is 1. The largest absolute Gasteiger partial charge is 0.353 e. The van der Waals surface area contributed by atoms with Crippen LogP contribution in [-0.4, -0.2) is 42.1 Å². The number of carbonyl (C=O) groups is 1. The van der Waals surface area contributed by atoms with Crippen molar-refractivity contribution in [1.29, 1.82) is 0 Å². The molecule has 0 radical (unpaired) electrons. The third-order valence-corrected chi connectivity index (χ3v) is 3.23. The van der Waals surface area contributed by atoms with Crippen molar-refractivity contribution in [3.05, 3.63) is 36.7 Å². The van der Waals surface area contributed by atoms with E-state index in [2.05, 4.69) is 29.0 Å². The van der Waals surface area contributed by atoms with Gasteiger partial charge in [0.25, 0.3) is 0 Å². The molecule has 0 saturated carbocycles. The van der Waals surface area contributed by atoms with Gasteiger partial charge in [-0.1, -0.05) is 26.0 Å². The van der Waals surface area contributed by atoms with Gasteiger partial charge in [-0.3, -0.25) is 0 Å². The van der Waals surface area contributed by atoms with E-state index in [-0.39, 0.29) is 6.03 Å². The van der Waals surface area contributed by atoms with Crippen LogP contribution < -0.4 is 10.2 Å². The lowest BCUT2D eigenvalue weighted by Crippen LogP contribution is -2.51. The first-order valence-electron chi connectivity index (χ1n) is 7.05. The van der Waals surface area contributed by atoms with Crippen LogP contribution in [0.1, 0.15) is 13.8 Å². The molecule has 0 spiro atoms. The zero-order chi connectivity index (χ0) is 14.4. The summed E-state index contributed by atoms with van der Waals surface area (Å²) >= 11 is 0. The summed E-state index contributed by atoms with van der Waals surface area (Å²) in [6.07, 6.45) is 5.51. The van der Waals surface area contributed by atoms with Crippen LogP contribution >= 0.6 is 0 Å². The Morgan fingerprint density at radius 3 is 2.65 bits per heavy atom. The highest BCUT2D eigenvalue weighted by Gasteiger charge is 2.20. The van der Waals surface area contributed by atoms with Crippen molar-refractivity contribution in [2.24, 2.45) is 5.92 Å². The molecule has 1 fully saturated rings. The molecule has 1 aromatic rings. The van der Waals surface area contributed by atoms with Crippen LogP contribution in [0.25, 0.3) is 0 Å². The quantitative estimate of drug-likeness (QED) is 0.918. The number of piperazine rings is 1. The molecule has 1 saturated heterocycles. The molecule has 2 amide bonds. The molecule has 0 unspecified atom stereocenters. The third-order valence-electron chi connectivity index (χ3n) is 3.23. The summed E-state index contributed by atoms with van der Waals surface area (Å²) in [7, 11) is 0. The van der Waals surface area contributed by atoms with Crippen molar-refractivity contribution in [1.82, 2.24) is 15.2 Å².